The zero-order valence-electron chi connectivity index (χ0n) is 18.9. The molecule has 37 heavy (non-hydrogen) atoms. The van der Waals surface area contributed by atoms with E-state index < -0.39 is 61.0 Å². The predicted octanol–water partition coefficient (Wildman–Crippen LogP) is 5.27. The number of carbonyl (C=O) groups is 1. The molecule has 198 valence electrons. The Morgan fingerprint density at radius 2 is 1.89 bits per heavy atom. The minimum Gasteiger partial charge on any atom is -0.772 e. The Morgan fingerprint density at radius 1 is 1.24 bits per heavy atom. The third kappa shape index (κ3) is 4.29. The highest BCUT2D eigenvalue weighted by Gasteiger charge is 2.60. The lowest BCUT2D eigenvalue weighted by Crippen LogP contribution is -2.63. The molecule has 1 fully saturated rings. The summed E-state index contributed by atoms with van der Waals surface area (Å²) in [6.07, 6.45) is -5.26. The molecule has 1 saturated heterocycles. The molecule has 14 heteroatoms. The van der Waals surface area contributed by atoms with Crippen LogP contribution in [0.3, 0.4) is 0 Å². The number of benzene rings is 2. The molecule has 0 saturated carbocycles. The van der Waals surface area contributed by atoms with Crippen molar-refractivity contribution in [2.45, 2.75) is 41.7 Å². The third-order valence-corrected chi connectivity index (χ3v) is 9.47. The number of nitrogens with zero attached hydrogens (tertiary/aromatic N) is 2. The van der Waals surface area contributed by atoms with Crippen molar-refractivity contribution in [1.82, 2.24) is 4.90 Å². The lowest BCUT2D eigenvalue weighted by Gasteiger charge is -2.48. The summed E-state index contributed by atoms with van der Waals surface area (Å²) in [5.41, 5.74) is 1.13. The average molecular weight is 596 g/mol. The van der Waals surface area contributed by atoms with Crippen LogP contribution < -0.4 is 0 Å². The first-order valence-corrected chi connectivity index (χ1v) is 13.6. The molecule has 0 bridgehead atoms. The number of halogens is 6. The van der Waals surface area contributed by atoms with Gasteiger partial charge >= 0.3 is 6.18 Å². The lowest BCUT2D eigenvalue weighted by atomic mass is 9.83. The molecule has 2 aromatic rings. The van der Waals surface area contributed by atoms with E-state index in [-0.39, 0.29) is 31.0 Å². The molecule has 2 unspecified atom stereocenters. The zero-order chi connectivity index (χ0) is 26.9. The highest BCUT2D eigenvalue weighted by atomic mass is 35.5. The van der Waals surface area contributed by atoms with Crippen LogP contribution in [0.5, 0.6) is 0 Å². The first-order valence-electron chi connectivity index (χ1n) is 10.9. The van der Waals surface area contributed by atoms with E-state index in [1.165, 1.54) is 11.8 Å². The number of hydrogen-bond donors (Lipinski definition) is 0. The molecule has 6 nitrogen and oxygen atoms in total. The maximum Gasteiger partial charge on any atom is 0.409 e. The molecule has 0 N–H and O–H groups in total. The zero-order valence-corrected chi connectivity index (χ0v) is 22.0. The normalized spacial score (nSPS) is 24.0. The van der Waals surface area contributed by atoms with Gasteiger partial charge in [0.05, 0.1) is 40.7 Å². The Balaban J connectivity index is 1.39. The highest BCUT2D eigenvalue weighted by Crippen LogP contribution is 2.57. The Labute approximate surface area is 225 Å². The molecule has 0 aliphatic carbocycles. The minimum atomic E-state index is -4.75. The molecule has 3 heterocycles. The van der Waals surface area contributed by atoms with E-state index in [4.69, 9.17) is 27.9 Å². The van der Waals surface area contributed by atoms with Crippen LogP contribution in [0, 0.1) is 5.82 Å². The monoisotopic (exact) mass is 595 g/mol. The summed E-state index contributed by atoms with van der Waals surface area (Å²) >= 11 is 9.38. The Bertz CT molecular complexity index is 1340. The molecule has 0 radical (unpaired) electrons. The van der Waals surface area contributed by atoms with Crippen LogP contribution in [0.25, 0.3) is 0 Å². The van der Waals surface area contributed by atoms with Gasteiger partial charge in [-0.1, -0.05) is 35.3 Å². The molecule has 3 aliphatic heterocycles. The van der Waals surface area contributed by atoms with E-state index >= 15 is 0 Å². The summed E-state index contributed by atoms with van der Waals surface area (Å²) in [5.74, 6) is -1.51. The minimum absolute atomic E-state index is 0.180. The molecule has 3 aliphatic rings. The van der Waals surface area contributed by atoms with Gasteiger partial charge in [-0.05, 0) is 70.4 Å². The fourth-order valence-corrected chi connectivity index (χ4v) is 6.57. The van der Waals surface area contributed by atoms with Crippen molar-refractivity contribution < 1.29 is 35.9 Å². The van der Waals surface area contributed by atoms with Crippen LogP contribution in [-0.2, 0) is 37.6 Å². The SMILES string of the molecule is C[C@@H](C(=O)N1CC2(C1)OCc1cc(C3=NSC(c4cc(Cl)c(F)c(Cl)c4)(C(F)(F)F)C3)ccc12)S(=O)[O-]. The van der Waals surface area contributed by atoms with Crippen molar-refractivity contribution in [3.63, 3.8) is 0 Å². The quantitative estimate of drug-likeness (QED) is 0.208. The van der Waals surface area contributed by atoms with E-state index in [2.05, 4.69) is 4.40 Å². The van der Waals surface area contributed by atoms with Gasteiger partial charge in [-0.15, -0.1) is 0 Å². The van der Waals surface area contributed by atoms with Crippen LogP contribution in [0.4, 0.5) is 17.6 Å². The standard InChI is InChI=1S/C23H18Cl2F4N2O4S2/c1-11(37(33)34)20(32)31-9-21(10-31)15-3-2-12(4-13(15)8-35-21)18-7-22(36-30-18,23(27,28)29)14-5-16(24)19(26)17(25)6-14/h2-6,11H,7-10H2,1H3,(H,33,34)/p-1/t11-,22?/m0/s1. The van der Waals surface area contributed by atoms with E-state index in [0.29, 0.717) is 17.5 Å². The average Bonchev–Trinajstić information content (AvgIpc) is 3.43. The van der Waals surface area contributed by atoms with Crippen molar-refractivity contribution in [3.8, 4) is 0 Å². The number of ether oxygens (including phenoxy) is 1. The van der Waals surface area contributed by atoms with Gasteiger partial charge in [0.2, 0.25) is 5.91 Å². The van der Waals surface area contributed by atoms with Crippen LogP contribution in [0.15, 0.2) is 34.7 Å². The van der Waals surface area contributed by atoms with Gasteiger partial charge in [0, 0.05) is 6.42 Å². The summed E-state index contributed by atoms with van der Waals surface area (Å²) in [4.78, 5) is 13.7. The maximum atomic E-state index is 14.4. The van der Waals surface area contributed by atoms with Crippen molar-refractivity contribution in [1.29, 1.82) is 0 Å². The van der Waals surface area contributed by atoms with Gasteiger partial charge in [0.1, 0.15) is 5.60 Å². The van der Waals surface area contributed by atoms with E-state index in [1.54, 1.807) is 18.2 Å². The maximum absolute atomic E-state index is 14.4. The number of rotatable bonds is 4. The van der Waals surface area contributed by atoms with Gasteiger partial charge in [-0.2, -0.15) is 13.2 Å². The fraction of sp³-hybridized carbons (Fsp3) is 0.391. The van der Waals surface area contributed by atoms with Gasteiger partial charge < -0.3 is 14.2 Å². The summed E-state index contributed by atoms with van der Waals surface area (Å²) in [6.45, 7) is 1.85. The van der Waals surface area contributed by atoms with Crippen molar-refractivity contribution in [3.05, 3.63) is 68.4 Å². The molecule has 1 spiro atoms. The molecular formula is C23H17Cl2F4N2O4S2-. The number of hydrogen-bond acceptors (Lipinski definition) is 6. The molecule has 1 amide bonds. The van der Waals surface area contributed by atoms with Gasteiger partial charge in [0.25, 0.3) is 0 Å². The molecule has 5 rings (SSSR count). The molecular weight excluding hydrogens is 579 g/mol. The molecule has 3 atom stereocenters. The smallest absolute Gasteiger partial charge is 0.409 e. The van der Waals surface area contributed by atoms with E-state index in [9.17, 15) is 31.1 Å². The van der Waals surface area contributed by atoms with Crippen molar-refractivity contribution >= 4 is 57.8 Å². The third-order valence-electron chi connectivity index (χ3n) is 6.91. The van der Waals surface area contributed by atoms with Crippen LogP contribution in [0.2, 0.25) is 10.0 Å². The summed E-state index contributed by atoms with van der Waals surface area (Å²) in [6, 6.07) is 6.94. The van der Waals surface area contributed by atoms with Crippen LogP contribution in [0.1, 0.15) is 35.6 Å². The summed E-state index contributed by atoms with van der Waals surface area (Å²) in [5, 5.41) is -2.19. The van der Waals surface area contributed by atoms with Gasteiger partial charge in [-0.3, -0.25) is 9.00 Å². The van der Waals surface area contributed by atoms with E-state index in [1.807, 2.05) is 0 Å². The van der Waals surface area contributed by atoms with Crippen molar-refractivity contribution in [2.75, 3.05) is 13.1 Å². The van der Waals surface area contributed by atoms with Gasteiger partial charge in [0.15, 0.2) is 10.6 Å². The second-order valence-electron chi connectivity index (χ2n) is 9.14. The van der Waals surface area contributed by atoms with Gasteiger partial charge in [-0.25, -0.2) is 8.79 Å². The molecule has 2 aromatic carbocycles. The Kier molecular flexibility index (Phi) is 6.69. The Morgan fingerprint density at radius 3 is 2.49 bits per heavy atom. The van der Waals surface area contributed by atoms with Crippen LogP contribution in [-0.4, -0.2) is 49.8 Å². The fourth-order valence-electron chi connectivity index (χ4n) is 4.81. The Hall–Kier alpha value is -1.70. The molecule has 0 aromatic heterocycles. The topological polar surface area (TPSA) is 82.0 Å². The second-order valence-corrected chi connectivity index (χ2v) is 12.2. The lowest BCUT2D eigenvalue weighted by molar-refractivity contribution is -0.168. The van der Waals surface area contributed by atoms with Crippen LogP contribution >= 0.6 is 35.1 Å². The number of amides is 1. The summed E-state index contributed by atoms with van der Waals surface area (Å²) < 4.78 is 86.8. The van der Waals surface area contributed by atoms with Crippen molar-refractivity contribution in [2.24, 2.45) is 4.40 Å². The predicted molar refractivity (Wildman–Crippen MR) is 131 cm³/mol. The highest BCUT2D eigenvalue weighted by molar-refractivity contribution is 7.99. The first kappa shape index (κ1) is 26.9. The number of alkyl halides is 3. The number of likely N-dealkylation sites (tertiary alicyclic amines) is 1. The second kappa shape index (κ2) is 9.20. The number of carbonyl (C=O) groups excluding carboxylic acids is 1. The largest absolute Gasteiger partial charge is 0.772 e. The summed E-state index contributed by atoms with van der Waals surface area (Å²) in [7, 11) is 0. The number of fused-ring (bicyclic) bond motifs is 2. The van der Waals surface area contributed by atoms with E-state index in [0.717, 1.165) is 23.3 Å². The first-order chi connectivity index (χ1) is 17.3.